The molecule has 3 aromatic carbocycles. The molecule has 0 atom stereocenters. The number of esters is 1. The van der Waals surface area contributed by atoms with E-state index in [9.17, 15) is 9.59 Å². The summed E-state index contributed by atoms with van der Waals surface area (Å²) in [6.07, 6.45) is -0.113. The van der Waals surface area contributed by atoms with Gasteiger partial charge in [0.05, 0.1) is 20.8 Å². The molecular formula is C29H26N2O5. The van der Waals surface area contributed by atoms with Gasteiger partial charge in [-0.25, -0.2) is 14.6 Å². The number of methoxy groups -OCH3 is 2. The van der Waals surface area contributed by atoms with Crippen molar-refractivity contribution in [3.05, 3.63) is 95.2 Å². The monoisotopic (exact) mass is 482 g/mol. The summed E-state index contributed by atoms with van der Waals surface area (Å²) in [4.78, 5) is 29.3. The van der Waals surface area contributed by atoms with Crippen LogP contribution in [0.3, 0.4) is 0 Å². The molecule has 3 aromatic rings. The molecular weight excluding hydrogens is 456 g/mol. The zero-order valence-corrected chi connectivity index (χ0v) is 20.1. The summed E-state index contributed by atoms with van der Waals surface area (Å²) in [6, 6.07) is 23.8. The van der Waals surface area contributed by atoms with Crippen LogP contribution in [0.25, 0.3) is 16.7 Å². The lowest BCUT2D eigenvalue weighted by Crippen LogP contribution is -2.30. The molecule has 182 valence electrons. The van der Waals surface area contributed by atoms with E-state index < -0.39 is 12.1 Å². The standard InChI is InChI=1S/C29H26N2O5/c1-34-20-13-11-18(12-14-20)25-15-19(31-27(25)28(32)35-2)16-30-29(33)36-17-26-23-9-5-3-7-21(23)22-8-4-6-10-24(22)26/h3-14,26H,15-17H2,1-2H3,(H,30,33). The molecule has 1 amide bonds. The van der Waals surface area contributed by atoms with Gasteiger partial charge in [-0.05, 0) is 45.5 Å². The van der Waals surface area contributed by atoms with E-state index in [1.54, 1.807) is 7.11 Å². The van der Waals surface area contributed by atoms with E-state index in [2.05, 4.69) is 34.6 Å². The Balaban J connectivity index is 1.22. The Bertz CT molecular complexity index is 1330. The van der Waals surface area contributed by atoms with Crippen molar-refractivity contribution in [1.82, 2.24) is 5.32 Å². The number of benzene rings is 3. The van der Waals surface area contributed by atoms with Crippen molar-refractivity contribution in [3.63, 3.8) is 0 Å². The molecule has 36 heavy (non-hydrogen) atoms. The molecule has 1 N–H and O–H groups in total. The molecule has 0 saturated heterocycles. The molecule has 0 spiro atoms. The molecule has 7 heteroatoms. The van der Waals surface area contributed by atoms with Crippen molar-refractivity contribution in [2.45, 2.75) is 12.3 Å². The molecule has 0 saturated carbocycles. The van der Waals surface area contributed by atoms with Gasteiger partial charge in [0.25, 0.3) is 0 Å². The van der Waals surface area contributed by atoms with Gasteiger partial charge in [0.15, 0.2) is 5.70 Å². The fourth-order valence-corrected chi connectivity index (χ4v) is 4.78. The average molecular weight is 483 g/mol. The number of aliphatic imine (C=N–C) groups is 1. The number of nitrogens with one attached hydrogen (secondary N) is 1. The van der Waals surface area contributed by atoms with Crippen LogP contribution in [0.2, 0.25) is 0 Å². The minimum Gasteiger partial charge on any atom is -0.497 e. The quantitative estimate of drug-likeness (QED) is 0.481. The lowest BCUT2D eigenvalue weighted by molar-refractivity contribution is -0.136. The first kappa shape index (κ1) is 23.4. The van der Waals surface area contributed by atoms with Gasteiger partial charge in [0.1, 0.15) is 12.4 Å². The summed E-state index contributed by atoms with van der Waals surface area (Å²) in [7, 11) is 2.92. The van der Waals surface area contributed by atoms with E-state index >= 15 is 0 Å². The van der Waals surface area contributed by atoms with Crippen LogP contribution in [0, 0.1) is 0 Å². The second-order valence-electron chi connectivity index (χ2n) is 8.58. The Hall–Kier alpha value is -4.39. The first-order chi connectivity index (χ1) is 17.6. The van der Waals surface area contributed by atoms with Crippen molar-refractivity contribution in [3.8, 4) is 16.9 Å². The number of rotatable bonds is 7. The van der Waals surface area contributed by atoms with Gasteiger partial charge in [-0.3, -0.25) is 0 Å². The molecule has 0 unspecified atom stereocenters. The lowest BCUT2D eigenvalue weighted by atomic mass is 9.98. The number of alkyl carbamates (subject to hydrolysis) is 1. The number of amides is 1. The predicted octanol–water partition coefficient (Wildman–Crippen LogP) is 4.96. The Morgan fingerprint density at radius 2 is 1.56 bits per heavy atom. The maximum Gasteiger partial charge on any atom is 0.407 e. The number of nitrogens with zero attached hydrogens (tertiary/aromatic N) is 1. The molecule has 0 bridgehead atoms. The van der Waals surface area contributed by atoms with Crippen LogP contribution >= 0.6 is 0 Å². The van der Waals surface area contributed by atoms with Crippen LogP contribution < -0.4 is 10.1 Å². The number of carbonyl (C=O) groups is 2. The summed E-state index contributed by atoms with van der Waals surface area (Å²) in [5, 5.41) is 2.77. The third-order valence-corrected chi connectivity index (χ3v) is 6.53. The van der Waals surface area contributed by atoms with E-state index in [0.717, 1.165) is 28.0 Å². The number of ether oxygens (including phenoxy) is 3. The van der Waals surface area contributed by atoms with Gasteiger partial charge in [0.2, 0.25) is 0 Å². The summed E-state index contributed by atoms with van der Waals surface area (Å²) >= 11 is 0. The van der Waals surface area contributed by atoms with Crippen molar-refractivity contribution >= 4 is 23.3 Å². The van der Waals surface area contributed by atoms with Crippen LogP contribution in [-0.2, 0) is 14.3 Å². The van der Waals surface area contributed by atoms with Crippen molar-refractivity contribution in [1.29, 1.82) is 0 Å². The first-order valence-electron chi connectivity index (χ1n) is 11.7. The Labute approximate surface area is 209 Å². The topological polar surface area (TPSA) is 86.2 Å². The highest BCUT2D eigenvalue weighted by molar-refractivity contribution is 6.10. The number of carbonyl (C=O) groups excluding carboxylic acids is 2. The molecule has 0 radical (unpaired) electrons. The molecule has 7 nitrogen and oxygen atoms in total. The molecule has 1 heterocycles. The van der Waals surface area contributed by atoms with E-state index in [1.165, 1.54) is 18.2 Å². The predicted molar refractivity (Wildman–Crippen MR) is 137 cm³/mol. The Kier molecular flexibility index (Phi) is 6.54. The molecule has 0 aromatic heterocycles. The molecule has 1 aliphatic carbocycles. The van der Waals surface area contributed by atoms with E-state index in [4.69, 9.17) is 14.2 Å². The Morgan fingerprint density at radius 1 is 0.917 bits per heavy atom. The maximum absolute atomic E-state index is 12.6. The van der Waals surface area contributed by atoms with E-state index in [1.807, 2.05) is 48.5 Å². The Morgan fingerprint density at radius 3 is 2.17 bits per heavy atom. The van der Waals surface area contributed by atoms with Crippen LogP contribution in [0.15, 0.2) is 83.5 Å². The second-order valence-corrected chi connectivity index (χ2v) is 8.58. The third-order valence-electron chi connectivity index (χ3n) is 6.53. The average Bonchev–Trinajstić information content (AvgIpc) is 3.50. The molecule has 0 fully saturated rings. The number of hydrogen-bond acceptors (Lipinski definition) is 6. The first-order valence-corrected chi connectivity index (χ1v) is 11.7. The number of hydrogen-bond donors (Lipinski definition) is 1. The fraction of sp³-hybridized carbons (Fsp3) is 0.207. The zero-order chi connectivity index (χ0) is 25.1. The maximum atomic E-state index is 12.6. The molecule has 1 aliphatic heterocycles. The zero-order valence-electron chi connectivity index (χ0n) is 20.1. The van der Waals surface area contributed by atoms with Crippen LogP contribution in [0.4, 0.5) is 4.79 Å². The normalized spacial score (nSPS) is 14.1. The summed E-state index contributed by atoms with van der Waals surface area (Å²) in [6.45, 7) is 0.395. The largest absolute Gasteiger partial charge is 0.497 e. The third kappa shape index (κ3) is 4.47. The lowest BCUT2D eigenvalue weighted by Gasteiger charge is -2.14. The van der Waals surface area contributed by atoms with Gasteiger partial charge in [-0.2, -0.15) is 0 Å². The smallest absolute Gasteiger partial charge is 0.407 e. The van der Waals surface area contributed by atoms with Gasteiger partial charge in [0, 0.05) is 18.1 Å². The minimum atomic E-state index is -0.530. The SMILES string of the molecule is COC(=O)C1=C(c2ccc(OC)cc2)CC(CNC(=O)OCC2c3ccccc3-c3ccccc32)=N1. The van der Waals surface area contributed by atoms with E-state index in [0.29, 0.717) is 12.1 Å². The second kappa shape index (κ2) is 10.1. The van der Waals surface area contributed by atoms with Gasteiger partial charge in [-0.15, -0.1) is 0 Å². The highest BCUT2D eigenvalue weighted by Gasteiger charge is 2.29. The van der Waals surface area contributed by atoms with E-state index in [-0.39, 0.29) is 24.8 Å². The number of fused-ring (bicyclic) bond motifs is 3. The summed E-state index contributed by atoms with van der Waals surface area (Å²) in [5.41, 5.74) is 7.14. The van der Waals surface area contributed by atoms with Crippen LogP contribution in [0.1, 0.15) is 29.0 Å². The van der Waals surface area contributed by atoms with Gasteiger partial charge in [-0.1, -0.05) is 60.7 Å². The highest BCUT2D eigenvalue weighted by Crippen LogP contribution is 2.44. The summed E-state index contributed by atoms with van der Waals surface area (Å²) < 4.78 is 15.7. The summed E-state index contributed by atoms with van der Waals surface area (Å²) in [5.74, 6) is 0.188. The van der Waals surface area contributed by atoms with Crippen molar-refractivity contribution in [2.24, 2.45) is 4.99 Å². The minimum absolute atomic E-state index is 0.0127. The van der Waals surface area contributed by atoms with Crippen molar-refractivity contribution < 1.29 is 23.8 Å². The van der Waals surface area contributed by atoms with Crippen LogP contribution in [-0.4, -0.2) is 45.1 Å². The van der Waals surface area contributed by atoms with Crippen LogP contribution in [0.5, 0.6) is 5.75 Å². The molecule has 5 rings (SSSR count). The molecule has 2 aliphatic rings. The number of allylic oxidation sites excluding steroid dienone is 1. The van der Waals surface area contributed by atoms with Crippen molar-refractivity contribution in [2.75, 3.05) is 27.4 Å². The van der Waals surface area contributed by atoms with Gasteiger partial charge < -0.3 is 19.5 Å². The van der Waals surface area contributed by atoms with Gasteiger partial charge >= 0.3 is 12.1 Å². The highest BCUT2D eigenvalue weighted by atomic mass is 16.5. The fourth-order valence-electron chi connectivity index (χ4n) is 4.78.